The summed E-state index contributed by atoms with van der Waals surface area (Å²) in [5.41, 5.74) is 3.96. The molecule has 0 saturated carbocycles. The van der Waals surface area contributed by atoms with Crippen molar-refractivity contribution in [2.24, 2.45) is 0 Å². The number of pyridine rings is 1. The van der Waals surface area contributed by atoms with Crippen molar-refractivity contribution in [1.29, 1.82) is 0 Å². The molecule has 0 aliphatic carbocycles. The highest BCUT2D eigenvalue weighted by Crippen LogP contribution is 2.36. The number of imidazole rings is 1. The van der Waals surface area contributed by atoms with Gasteiger partial charge in [-0.1, -0.05) is 18.2 Å². The molecule has 0 amide bonds. The van der Waals surface area contributed by atoms with Crippen molar-refractivity contribution < 1.29 is 13.9 Å². The summed E-state index contributed by atoms with van der Waals surface area (Å²) in [6.07, 6.45) is 3.77. The number of hydrogen-bond acceptors (Lipinski definition) is 6. The maximum atomic E-state index is 13.9. The lowest BCUT2D eigenvalue weighted by Gasteiger charge is -2.26. The lowest BCUT2D eigenvalue weighted by Crippen LogP contribution is -2.24. The molecule has 5 heterocycles. The van der Waals surface area contributed by atoms with Crippen molar-refractivity contribution in [2.75, 3.05) is 24.7 Å². The fourth-order valence-electron chi connectivity index (χ4n) is 4.79. The highest BCUT2D eigenvalue weighted by Gasteiger charge is 2.35. The minimum atomic E-state index is -0.844. The Labute approximate surface area is 190 Å². The Bertz CT molecular complexity index is 1320. The van der Waals surface area contributed by atoms with E-state index in [1.54, 1.807) is 18.3 Å². The maximum Gasteiger partial charge on any atom is 0.209 e. The van der Waals surface area contributed by atoms with Gasteiger partial charge in [-0.05, 0) is 61.7 Å². The minimum absolute atomic E-state index is 0.0932. The van der Waals surface area contributed by atoms with Crippen molar-refractivity contribution >= 4 is 11.5 Å². The Morgan fingerprint density at radius 3 is 2.76 bits per heavy atom. The minimum Gasteiger partial charge on any atom is -0.348 e. The van der Waals surface area contributed by atoms with Crippen LogP contribution >= 0.6 is 0 Å². The molecular weight excluding hydrogens is 421 g/mol. The largest absolute Gasteiger partial charge is 0.348 e. The van der Waals surface area contributed by atoms with Crippen molar-refractivity contribution in [3.63, 3.8) is 0 Å². The molecule has 1 aromatic carbocycles. The summed E-state index contributed by atoms with van der Waals surface area (Å²) >= 11 is 0. The van der Waals surface area contributed by atoms with E-state index in [0.29, 0.717) is 18.9 Å². The molecule has 2 saturated heterocycles. The van der Waals surface area contributed by atoms with E-state index >= 15 is 0 Å². The van der Waals surface area contributed by atoms with Gasteiger partial charge in [0.1, 0.15) is 17.3 Å². The van der Waals surface area contributed by atoms with Crippen LogP contribution in [0.25, 0.3) is 17.0 Å². The van der Waals surface area contributed by atoms with E-state index in [9.17, 15) is 4.39 Å². The lowest BCUT2D eigenvalue weighted by atomic mass is 10.0. The highest BCUT2D eigenvalue weighted by atomic mass is 19.1. The van der Waals surface area contributed by atoms with Crippen LogP contribution in [0.2, 0.25) is 0 Å². The first-order valence-electron chi connectivity index (χ1n) is 11.2. The van der Waals surface area contributed by atoms with Crippen LogP contribution in [0.1, 0.15) is 37.1 Å². The molecule has 2 aliphatic heterocycles. The van der Waals surface area contributed by atoms with E-state index < -0.39 is 5.79 Å². The second-order valence-corrected chi connectivity index (χ2v) is 8.56. The van der Waals surface area contributed by atoms with Crippen LogP contribution in [-0.2, 0) is 15.3 Å². The summed E-state index contributed by atoms with van der Waals surface area (Å²) in [4.78, 5) is 11.6. The van der Waals surface area contributed by atoms with E-state index in [4.69, 9.17) is 19.6 Å². The molecule has 0 spiro atoms. The molecule has 7 nitrogen and oxygen atoms in total. The van der Waals surface area contributed by atoms with Crippen molar-refractivity contribution in [2.45, 2.75) is 31.6 Å². The molecule has 0 N–H and O–H groups in total. The summed E-state index contributed by atoms with van der Waals surface area (Å²) in [6.45, 7) is 3.85. The van der Waals surface area contributed by atoms with Crippen molar-refractivity contribution in [3.05, 3.63) is 77.9 Å². The van der Waals surface area contributed by atoms with Crippen LogP contribution in [0.3, 0.4) is 0 Å². The molecule has 1 atom stereocenters. The van der Waals surface area contributed by atoms with Crippen LogP contribution in [-0.4, -0.2) is 39.3 Å². The third-order valence-corrected chi connectivity index (χ3v) is 6.44. The second-order valence-electron chi connectivity index (χ2n) is 8.56. The number of fused-ring (bicyclic) bond motifs is 1. The van der Waals surface area contributed by atoms with Gasteiger partial charge in [0.05, 0.1) is 36.8 Å². The number of halogens is 1. The van der Waals surface area contributed by atoms with Gasteiger partial charge in [0.2, 0.25) is 5.79 Å². The van der Waals surface area contributed by atoms with E-state index in [0.717, 1.165) is 47.8 Å². The standard InChI is InChI=1S/C25H24FN5O2/c1-25(32-13-14-33-25)22-9-3-7-19(28-22)21-16-27-23-10-11-24(29-31(21)23)30-12-4-8-20(30)17-5-2-6-18(26)15-17/h2-3,5-7,9-11,15-16,20H,4,8,12-14H2,1H3. The zero-order valence-electron chi connectivity index (χ0n) is 18.3. The van der Waals surface area contributed by atoms with Gasteiger partial charge in [-0.25, -0.2) is 18.9 Å². The van der Waals surface area contributed by atoms with E-state index in [2.05, 4.69) is 9.88 Å². The fraction of sp³-hybridized carbons (Fsp3) is 0.320. The van der Waals surface area contributed by atoms with E-state index in [1.165, 1.54) is 6.07 Å². The molecular formula is C25H24FN5O2. The van der Waals surface area contributed by atoms with Crippen LogP contribution in [0.15, 0.2) is 60.8 Å². The normalized spacial score (nSPS) is 20.1. The smallest absolute Gasteiger partial charge is 0.209 e. The average molecular weight is 445 g/mol. The molecule has 2 aliphatic rings. The molecule has 6 rings (SSSR count). The van der Waals surface area contributed by atoms with Crippen molar-refractivity contribution in [1.82, 2.24) is 19.6 Å². The Morgan fingerprint density at radius 1 is 1.06 bits per heavy atom. The van der Waals surface area contributed by atoms with Gasteiger partial charge in [-0.2, -0.15) is 0 Å². The Hall–Kier alpha value is -3.36. The number of anilines is 1. The molecule has 3 aromatic heterocycles. The first-order valence-corrected chi connectivity index (χ1v) is 11.2. The summed E-state index contributed by atoms with van der Waals surface area (Å²) in [7, 11) is 0. The van der Waals surface area contributed by atoms with Gasteiger partial charge in [0.15, 0.2) is 5.65 Å². The van der Waals surface area contributed by atoms with Gasteiger partial charge in [-0.15, -0.1) is 5.10 Å². The van der Waals surface area contributed by atoms with Crippen LogP contribution in [0, 0.1) is 5.82 Å². The average Bonchev–Trinajstić information content (AvgIpc) is 3.59. The van der Waals surface area contributed by atoms with E-state index in [1.807, 2.05) is 47.8 Å². The number of benzene rings is 1. The fourth-order valence-corrected chi connectivity index (χ4v) is 4.79. The number of nitrogens with zero attached hydrogens (tertiary/aromatic N) is 5. The van der Waals surface area contributed by atoms with Gasteiger partial charge < -0.3 is 14.4 Å². The quantitative estimate of drug-likeness (QED) is 0.461. The molecule has 1 unspecified atom stereocenters. The van der Waals surface area contributed by atoms with E-state index in [-0.39, 0.29) is 11.9 Å². The summed E-state index contributed by atoms with van der Waals surface area (Å²) < 4.78 is 27.2. The summed E-state index contributed by atoms with van der Waals surface area (Å²) in [6, 6.07) is 16.7. The third-order valence-electron chi connectivity index (χ3n) is 6.44. The molecule has 0 radical (unpaired) electrons. The van der Waals surface area contributed by atoms with Crippen LogP contribution in [0.5, 0.6) is 0 Å². The Kier molecular flexibility index (Phi) is 4.85. The summed E-state index contributed by atoms with van der Waals surface area (Å²) in [5, 5.41) is 4.92. The van der Waals surface area contributed by atoms with Gasteiger partial charge >= 0.3 is 0 Å². The number of ether oxygens (including phenoxy) is 2. The van der Waals surface area contributed by atoms with Gasteiger partial charge in [0.25, 0.3) is 0 Å². The third kappa shape index (κ3) is 3.55. The van der Waals surface area contributed by atoms with Crippen LogP contribution in [0.4, 0.5) is 10.2 Å². The molecule has 2 fully saturated rings. The number of hydrogen-bond donors (Lipinski definition) is 0. The van der Waals surface area contributed by atoms with Gasteiger partial charge in [-0.3, -0.25) is 0 Å². The lowest BCUT2D eigenvalue weighted by molar-refractivity contribution is -0.152. The first kappa shape index (κ1) is 20.3. The highest BCUT2D eigenvalue weighted by molar-refractivity contribution is 5.61. The van der Waals surface area contributed by atoms with Crippen LogP contribution < -0.4 is 4.90 Å². The molecule has 168 valence electrons. The second kappa shape index (κ2) is 7.90. The topological polar surface area (TPSA) is 64.8 Å². The zero-order chi connectivity index (χ0) is 22.4. The molecule has 33 heavy (non-hydrogen) atoms. The zero-order valence-corrected chi connectivity index (χ0v) is 18.3. The summed E-state index contributed by atoms with van der Waals surface area (Å²) in [5.74, 6) is -0.225. The SMILES string of the molecule is CC1(c2cccc(-c3cnc4ccc(N5CCCC5c5cccc(F)c5)nn34)n2)OCCO1. The first-order chi connectivity index (χ1) is 16.1. The molecule has 4 aromatic rings. The predicted octanol–water partition coefficient (Wildman–Crippen LogP) is 4.49. The Balaban J connectivity index is 1.38. The number of rotatable bonds is 4. The van der Waals surface area contributed by atoms with Gasteiger partial charge in [0, 0.05) is 6.54 Å². The maximum absolute atomic E-state index is 13.9. The molecule has 8 heteroatoms. The monoisotopic (exact) mass is 445 g/mol. The predicted molar refractivity (Wildman–Crippen MR) is 121 cm³/mol. The molecule has 0 bridgehead atoms. The Morgan fingerprint density at radius 2 is 1.91 bits per heavy atom. The number of aromatic nitrogens is 4. The van der Waals surface area contributed by atoms with Crippen molar-refractivity contribution in [3.8, 4) is 11.4 Å².